The Hall–Kier alpha value is -1.70. The van der Waals surface area contributed by atoms with Crippen LogP contribution >= 0.6 is 0 Å². The van der Waals surface area contributed by atoms with E-state index in [9.17, 15) is 13.5 Å². The molecular formula is C17H23N3O3S. The molecule has 0 spiro atoms. The molecule has 0 amide bonds. The lowest BCUT2D eigenvalue weighted by molar-refractivity contribution is 0.0956. The number of nitrogens with zero attached hydrogens (tertiary/aromatic N) is 3. The van der Waals surface area contributed by atoms with Crippen LogP contribution in [0.1, 0.15) is 16.7 Å². The van der Waals surface area contributed by atoms with Crippen LogP contribution in [-0.4, -0.2) is 58.9 Å². The Balaban J connectivity index is 1.93. The van der Waals surface area contributed by atoms with Crippen molar-refractivity contribution in [2.45, 2.75) is 32.5 Å². The number of aliphatic hydroxyl groups is 1. The second-order valence-corrected chi connectivity index (χ2v) is 8.81. The smallest absolute Gasteiger partial charge is 0.154 e. The van der Waals surface area contributed by atoms with Gasteiger partial charge in [0.05, 0.1) is 29.3 Å². The van der Waals surface area contributed by atoms with Gasteiger partial charge in [-0.3, -0.25) is 4.90 Å². The Bertz CT molecular complexity index is 831. The minimum absolute atomic E-state index is 0.00663. The van der Waals surface area contributed by atoms with Gasteiger partial charge in [-0.15, -0.1) is 0 Å². The average Bonchev–Trinajstić information content (AvgIpc) is 3.08. The summed E-state index contributed by atoms with van der Waals surface area (Å²) in [7, 11) is -1.30. The van der Waals surface area contributed by atoms with Gasteiger partial charge in [-0.1, -0.05) is 6.07 Å². The molecule has 0 bridgehead atoms. The summed E-state index contributed by atoms with van der Waals surface area (Å²) in [5.74, 6) is -0.145. The zero-order chi connectivity index (χ0) is 17.5. The molecule has 0 aliphatic carbocycles. The van der Waals surface area contributed by atoms with Gasteiger partial charge in [-0.25, -0.2) is 13.1 Å². The lowest BCUT2D eigenvalue weighted by atomic mass is 10.0. The molecular weight excluding hydrogens is 326 g/mol. The summed E-state index contributed by atoms with van der Waals surface area (Å²) in [4.78, 5) is 1.93. The predicted octanol–water partition coefficient (Wildman–Crippen LogP) is 1.08. The van der Waals surface area contributed by atoms with E-state index in [1.807, 2.05) is 42.7 Å². The largest absolute Gasteiger partial charge is 0.390 e. The molecule has 2 aromatic rings. The minimum atomic E-state index is -3.16. The molecule has 6 nitrogen and oxygen atoms in total. The molecule has 2 heterocycles. The second-order valence-electron chi connectivity index (χ2n) is 6.66. The molecule has 0 unspecified atom stereocenters. The average molecular weight is 349 g/mol. The number of aliphatic hydroxyl groups excluding tert-OH is 1. The minimum Gasteiger partial charge on any atom is -0.390 e. The van der Waals surface area contributed by atoms with Crippen molar-refractivity contribution < 1.29 is 13.5 Å². The number of likely N-dealkylation sites (N-methyl/N-ethyl adjacent to an activating group) is 1. The van der Waals surface area contributed by atoms with E-state index in [2.05, 4.69) is 17.2 Å². The molecule has 1 saturated heterocycles. The van der Waals surface area contributed by atoms with Gasteiger partial charge in [-0.2, -0.15) is 5.10 Å². The molecule has 1 aromatic heterocycles. The topological polar surface area (TPSA) is 75.4 Å². The van der Waals surface area contributed by atoms with Gasteiger partial charge < -0.3 is 5.11 Å². The number of aromatic nitrogens is 2. The van der Waals surface area contributed by atoms with Gasteiger partial charge >= 0.3 is 0 Å². The Kier molecular flexibility index (Phi) is 4.50. The van der Waals surface area contributed by atoms with Crippen LogP contribution in [0.15, 0.2) is 30.6 Å². The van der Waals surface area contributed by atoms with Crippen LogP contribution in [0.5, 0.6) is 0 Å². The van der Waals surface area contributed by atoms with E-state index in [0.29, 0.717) is 6.54 Å². The fraction of sp³-hybridized carbons (Fsp3) is 0.471. The van der Waals surface area contributed by atoms with Crippen LogP contribution in [-0.2, 0) is 16.4 Å². The van der Waals surface area contributed by atoms with Crippen molar-refractivity contribution in [2.24, 2.45) is 0 Å². The van der Waals surface area contributed by atoms with Crippen LogP contribution < -0.4 is 0 Å². The summed E-state index contributed by atoms with van der Waals surface area (Å²) in [6, 6.07) is 5.68. The van der Waals surface area contributed by atoms with Crippen LogP contribution in [0.3, 0.4) is 0 Å². The van der Waals surface area contributed by atoms with E-state index < -0.39 is 15.9 Å². The normalized spacial score (nSPS) is 23.0. The fourth-order valence-corrected chi connectivity index (χ4v) is 5.27. The molecule has 1 aliphatic rings. The van der Waals surface area contributed by atoms with Gasteiger partial charge in [0.1, 0.15) is 0 Å². The van der Waals surface area contributed by atoms with Crippen LogP contribution in [0, 0.1) is 13.8 Å². The highest BCUT2D eigenvalue weighted by Gasteiger charge is 2.38. The summed E-state index contributed by atoms with van der Waals surface area (Å²) < 4.78 is 25.4. The Morgan fingerprint density at radius 1 is 1.33 bits per heavy atom. The van der Waals surface area contributed by atoms with Crippen molar-refractivity contribution in [1.29, 1.82) is 0 Å². The Labute approximate surface area is 142 Å². The highest BCUT2D eigenvalue weighted by Crippen LogP contribution is 2.25. The summed E-state index contributed by atoms with van der Waals surface area (Å²) >= 11 is 0. The number of aryl methyl sites for hydroxylation is 2. The maximum atomic E-state index is 11.8. The standard InChI is InChI=1S/C17H23N3O3S/c1-12-7-13(2)14(15(8-12)20-6-4-5-18-20)9-19(3)16-10-24(22,23)11-17(16)21/h4-8,16-17,21H,9-11H2,1-3H3/t16-,17-/m1/s1. The summed E-state index contributed by atoms with van der Waals surface area (Å²) in [5, 5.41) is 14.4. The van der Waals surface area contributed by atoms with Crippen molar-refractivity contribution in [3.05, 3.63) is 47.3 Å². The maximum Gasteiger partial charge on any atom is 0.154 e. The Morgan fingerprint density at radius 3 is 2.67 bits per heavy atom. The van der Waals surface area contributed by atoms with Crippen LogP contribution in [0.4, 0.5) is 0 Å². The fourth-order valence-electron chi connectivity index (χ4n) is 3.39. The molecule has 130 valence electrons. The van der Waals surface area contributed by atoms with Crippen molar-refractivity contribution >= 4 is 9.84 Å². The first-order valence-corrected chi connectivity index (χ1v) is 9.78. The third-order valence-corrected chi connectivity index (χ3v) is 6.31. The van der Waals surface area contributed by atoms with Crippen molar-refractivity contribution in [3.63, 3.8) is 0 Å². The SMILES string of the molecule is Cc1cc(C)c(CN(C)[C@@H]2CS(=O)(=O)C[C@H]2O)c(-n2cccn2)c1. The van der Waals surface area contributed by atoms with Gasteiger partial charge in [0.2, 0.25) is 0 Å². The lowest BCUT2D eigenvalue weighted by Crippen LogP contribution is -2.40. The van der Waals surface area contributed by atoms with E-state index in [1.54, 1.807) is 6.20 Å². The van der Waals surface area contributed by atoms with Crippen LogP contribution in [0.25, 0.3) is 5.69 Å². The number of sulfone groups is 1. The van der Waals surface area contributed by atoms with E-state index in [-0.39, 0.29) is 17.5 Å². The summed E-state index contributed by atoms with van der Waals surface area (Å²) in [5.41, 5.74) is 4.35. The first kappa shape index (κ1) is 17.1. The van der Waals surface area contributed by atoms with Gasteiger partial charge in [0.15, 0.2) is 9.84 Å². The van der Waals surface area contributed by atoms with Crippen molar-refractivity contribution in [3.8, 4) is 5.69 Å². The van der Waals surface area contributed by atoms with E-state index in [1.165, 1.54) is 0 Å². The third-order valence-electron chi connectivity index (χ3n) is 4.61. The molecule has 24 heavy (non-hydrogen) atoms. The monoisotopic (exact) mass is 349 g/mol. The van der Waals surface area contributed by atoms with E-state index in [4.69, 9.17) is 0 Å². The highest BCUT2D eigenvalue weighted by atomic mass is 32.2. The van der Waals surface area contributed by atoms with Crippen molar-refractivity contribution in [1.82, 2.24) is 14.7 Å². The first-order valence-electron chi connectivity index (χ1n) is 7.96. The third kappa shape index (κ3) is 3.38. The second kappa shape index (κ2) is 6.31. The zero-order valence-corrected chi connectivity index (χ0v) is 15.0. The molecule has 2 atom stereocenters. The molecule has 1 fully saturated rings. The molecule has 1 aromatic carbocycles. The molecule has 0 saturated carbocycles. The van der Waals surface area contributed by atoms with E-state index in [0.717, 1.165) is 22.4 Å². The highest BCUT2D eigenvalue weighted by molar-refractivity contribution is 7.91. The quantitative estimate of drug-likeness (QED) is 0.894. The Morgan fingerprint density at radius 2 is 2.08 bits per heavy atom. The molecule has 3 rings (SSSR count). The van der Waals surface area contributed by atoms with Crippen LogP contribution in [0.2, 0.25) is 0 Å². The maximum absolute atomic E-state index is 11.8. The summed E-state index contributed by atoms with van der Waals surface area (Å²) in [6.07, 6.45) is 2.80. The van der Waals surface area contributed by atoms with Gasteiger partial charge in [0, 0.05) is 18.9 Å². The van der Waals surface area contributed by atoms with E-state index >= 15 is 0 Å². The number of hydrogen-bond donors (Lipinski definition) is 1. The molecule has 1 aliphatic heterocycles. The molecule has 1 N–H and O–H groups in total. The lowest BCUT2D eigenvalue weighted by Gasteiger charge is -2.27. The summed E-state index contributed by atoms with van der Waals surface area (Å²) in [6.45, 7) is 4.64. The predicted molar refractivity (Wildman–Crippen MR) is 93.0 cm³/mol. The van der Waals surface area contributed by atoms with Gasteiger partial charge in [-0.05, 0) is 49.7 Å². The molecule has 7 heteroatoms. The number of benzene rings is 1. The number of rotatable bonds is 4. The zero-order valence-electron chi connectivity index (χ0n) is 14.2. The first-order chi connectivity index (χ1) is 11.3. The van der Waals surface area contributed by atoms with Gasteiger partial charge in [0.25, 0.3) is 0 Å². The number of hydrogen-bond acceptors (Lipinski definition) is 5. The van der Waals surface area contributed by atoms with Crippen molar-refractivity contribution in [2.75, 3.05) is 18.6 Å². The molecule has 0 radical (unpaired) electrons.